The van der Waals surface area contributed by atoms with Crippen molar-refractivity contribution >= 4 is 46.7 Å². The number of ether oxygens (including phenoxy) is 1. The van der Waals surface area contributed by atoms with Gasteiger partial charge in [0, 0.05) is 0 Å². The first-order chi connectivity index (χ1) is 13.8. The average molecular weight is 415 g/mol. The van der Waals surface area contributed by atoms with Gasteiger partial charge in [0.15, 0.2) is 0 Å². The molecule has 0 atom stereocenters. The fourth-order valence-corrected chi connectivity index (χ4v) is 2.93. The number of anilines is 2. The van der Waals surface area contributed by atoms with Crippen LogP contribution in [0.1, 0.15) is 27.6 Å². The summed E-state index contributed by atoms with van der Waals surface area (Å²) in [5, 5.41) is 11.6. The Bertz CT molecular complexity index is 1050. The third-order valence-electron chi connectivity index (χ3n) is 4.08. The second kappa shape index (κ2) is 8.15. The van der Waals surface area contributed by atoms with E-state index in [4.69, 9.17) is 16.3 Å². The van der Waals surface area contributed by atoms with Crippen molar-refractivity contribution in [1.82, 2.24) is 0 Å². The highest BCUT2D eigenvalue weighted by molar-refractivity contribution is 6.53. The molecule has 1 aliphatic rings. The van der Waals surface area contributed by atoms with Crippen molar-refractivity contribution in [2.75, 3.05) is 16.8 Å². The summed E-state index contributed by atoms with van der Waals surface area (Å²) in [5.41, 5.74) is 0.271. The Hall–Kier alpha value is -3.65. The molecule has 2 aromatic carbocycles. The van der Waals surface area contributed by atoms with Crippen LogP contribution in [0.3, 0.4) is 0 Å². The number of nitrogens with zero attached hydrogens (tertiary/aromatic N) is 1. The van der Waals surface area contributed by atoms with Crippen LogP contribution >= 0.6 is 11.6 Å². The SMILES string of the molecule is CCOC(=O)c1ccc(N2C(=O)C(Cl)=C(Nc3ccccc3C(=O)O)C2=O)cc1. The minimum atomic E-state index is -1.20. The second-order valence-electron chi connectivity index (χ2n) is 5.88. The molecule has 9 heteroatoms. The fourth-order valence-electron chi connectivity index (χ4n) is 2.72. The summed E-state index contributed by atoms with van der Waals surface area (Å²) < 4.78 is 4.89. The van der Waals surface area contributed by atoms with Crippen LogP contribution in [-0.2, 0) is 14.3 Å². The lowest BCUT2D eigenvalue weighted by Gasteiger charge is -2.16. The molecule has 1 heterocycles. The van der Waals surface area contributed by atoms with E-state index >= 15 is 0 Å². The number of amides is 2. The van der Waals surface area contributed by atoms with Crippen molar-refractivity contribution < 1.29 is 29.0 Å². The minimum absolute atomic E-state index is 0.0815. The molecule has 0 aromatic heterocycles. The number of hydrogen-bond donors (Lipinski definition) is 2. The number of halogens is 1. The third-order valence-corrected chi connectivity index (χ3v) is 4.43. The van der Waals surface area contributed by atoms with Crippen molar-refractivity contribution in [2.45, 2.75) is 6.92 Å². The first-order valence-corrected chi connectivity index (χ1v) is 8.88. The summed E-state index contributed by atoms with van der Waals surface area (Å²) in [6.45, 7) is 1.90. The number of carboxylic acids is 1. The number of imide groups is 1. The van der Waals surface area contributed by atoms with Crippen molar-refractivity contribution in [1.29, 1.82) is 0 Å². The summed E-state index contributed by atoms with van der Waals surface area (Å²) in [6.07, 6.45) is 0. The van der Waals surface area contributed by atoms with Crippen LogP contribution in [0.4, 0.5) is 11.4 Å². The van der Waals surface area contributed by atoms with E-state index in [0.29, 0.717) is 0 Å². The Balaban J connectivity index is 1.87. The molecular formula is C20H15ClN2O6. The van der Waals surface area contributed by atoms with E-state index in [1.54, 1.807) is 13.0 Å². The molecule has 0 bridgehead atoms. The quantitative estimate of drug-likeness (QED) is 0.551. The lowest BCUT2D eigenvalue weighted by atomic mass is 10.1. The normalized spacial score (nSPS) is 13.7. The van der Waals surface area contributed by atoms with Gasteiger partial charge in [0.05, 0.1) is 29.1 Å². The van der Waals surface area contributed by atoms with Gasteiger partial charge in [-0.1, -0.05) is 23.7 Å². The van der Waals surface area contributed by atoms with Gasteiger partial charge in [-0.2, -0.15) is 0 Å². The molecule has 3 rings (SSSR count). The molecule has 2 amide bonds. The molecule has 0 saturated carbocycles. The Morgan fingerprint density at radius 3 is 2.34 bits per heavy atom. The number of aromatic carboxylic acids is 1. The number of rotatable bonds is 6. The van der Waals surface area contributed by atoms with E-state index in [1.165, 1.54) is 42.5 Å². The molecule has 148 valence electrons. The zero-order valence-electron chi connectivity index (χ0n) is 15.1. The number of nitrogens with one attached hydrogen (secondary N) is 1. The lowest BCUT2D eigenvalue weighted by Crippen LogP contribution is -2.32. The largest absolute Gasteiger partial charge is 0.478 e. The zero-order valence-corrected chi connectivity index (χ0v) is 15.9. The standard InChI is InChI=1S/C20H15ClN2O6/c1-2-29-20(28)11-7-9-12(10-8-11)23-17(24)15(21)16(18(23)25)22-14-6-4-3-5-13(14)19(26)27/h3-10,22H,2H2,1H3,(H,26,27). The molecule has 0 spiro atoms. The van der Waals surface area contributed by atoms with Crippen molar-refractivity contribution in [3.8, 4) is 0 Å². The molecule has 0 fully saturated rings. The van der Waals surface area contributed by atoms with Gasteiger partial charge in [-0.25, -0.2) is 14.5 Å². The highest BCUT2D eigenvalue weighted by atomic mass is 35.5. The molecule has 0 unspecified atom stereocenters. The van der Waals surface area contributed by atoms with Gasteiger partial charge in [-0.15, -0.1) is 0 Å². The van der Waals surface area contributed by atoms with Crippen LogP contribution in [0.25, 0.3) is 0 Å². The summed E-state index contributed by atoms with van der Waals surface area (Å²) in [5.74, 6) is -3.24. The number of benzene rings is 2. The van der Waals surface area contributed by atoms with Gasteiger partial charge in [0.2, 0.25) is 0 Å². The van der Waals surface area contributed by atoms with Gasteiger partial charge in [-0.3, -0.25) is 9.59 Å². The van der Waals surface area contributed by atoms with Crippen LogP contribution in [0.2, 0.25) is 0 Å². The molecule has 0 saturated heterocycles. The van der Waals surface area contributed by atoms with Gasteiger partial charge < -0.3 is 15.2 Å². The van der Waals surface area contributed by atoms with Gasteiger partial charge in [-0.05, 0) is 43.3 Å². The predicted octanol–water partition coefficient (Wildman–Crippen LogP) is 3.00. The molecule has 8 nitrogen and oxygen atoms in total. The van der Waals surface area contributed by atoms with Crippen molar-refractivity contribution in [3.05, 3.63) is 70.4 Å². The predicted molar refractivity (Wildman–Crippen MR) is 105 cm³/mol. The Labute approximate surface area is 170 Å². The summed E-state index contributed by atoms with van der Waals surface area (Å²) >= 11 is 6.06. The minimum Gasteiger partial charge on any atom is -0.478 e. The van der Waals surface area contributed by atoms with Crippen molar-refractivity contribution in [3.63, 3.8) is 0 Å². The number of para-hydroxylation sites is 1. The number of carboxylic acid groups (broad SMARTS) is 1. The van der Waals surface area contributed by atoms with Crippen molar-refractivity contribution in [2.24, 2.45) is 0 Å². The van der Waals surface area contributed by atoms with E-state index in [1.807, 2.05) is 0 Å². The van der Waals surface area contributed by atoms with Gasteiger partial charge in [0.25, 0.3) is 11.8 Å². The molecule has 2 aromatic rings. The lowest BCUT2D eigenvalue weighted by molar-refractivity contribution is -0.120. The average Bonchev–Trinajstić information content (AvgIpc) is 2.92. The summed E-state index contributed by atoms with van der Waals surface area (Å²) in [4.78, 5) is 49.3. The monoisotopic (exact) mass is 414 g/mol. The van der Waals surface area contributed by atoms with E-state index in [9.17, 15) is 24.3 Å². The maximum atomic E-state index is 12.8. The van der Waals surface area contributed by atoms with Crippen LogP contribution in [0.5, 0.6) is 0 Å². The zero-order chi connectivity index (χ0) is 21.1. The fraction of sp³-hybridized carbons (Fsp3) is 0.100. The maximum absolute atomic E-state index is 12.8. The number of carbonyl (C=O) groups is 4. The highest BCUT2D eigenvalue weighted by Crippen LogP contribution is 2.31. The number of esters is 1. The van der Waals surface area contributed by atoms with Gasteiger partial charge in [0.1, 0.15) is 10.7 Å². The number of carbonyl (C=O) groups excluding carboxylic acids is 3. The molecule has 29 heavy (non-hydrogen) atoms. The molecule has 2 N–H and O–H groups in total. The van der Waals surface area contributed by atoms with E-state index in [-0.39, 0.29) is 39.8 Å². The molecule has 1 aliphatic heterocycles. The van der Waals surface area contributed by atoms with E-state index in [2.05, 4.69) is 5.32 Å². The van der Waals surface area contributed by atoms with E-state index in [0.717, 1.165) is 4.90 Å². The smallest absolute Gasteiger partial charge is 0.338 e. The van der Waals surface area contributed by atoms with Gasteiger partial charge >= 0.3 is 11.9 Å². The van der Waals surface area contributed by atoms with E-state index < -0.39 is 23.8 Å². The topological polar surface area (TPSA) is 113 Å². The summed E-state index contributed by atoms with van der Waals surface area (Å²) in [7, 11) is 0. The van der Waals surface area contributed by atoms with Crippen LogP contribution in [0.15, 0.2) is 59.3 Å². The van der Waals surface area contributed by atoms with Crippen LogP contribution in [-0.4, -0.2) is 35.5 Å². The molecule has 0 aliphatic carbocycles. The maximum Gasteiger partial charge on any atom is 0.338 e. The first-order valence-electron chi connectivity index (χ1n) is 8.50. The van der Waals surface area contributed by atoms with Crippen LogP contribution in [0, 0.1) is 0 Å². The highest BCUT2D eigenvalue weighted by Gasteiger charge is 2.39. The molecular weight excluding hydrogens is 400 g/mol. The Morgan fingerprint density at radius 1 is 1.07 bits per heavy atom. The number of hydrogen-bond acceptors (Lipinski definition) is 6. The first kappa shape index (κ1) is 20.1. The summed E-state index contributed by atoms with van der Waals surface area (Å²) in [6, 6.07) is 11.6. The van der Waals surface area contributed by atoms with Crippen LogP contribution < -0.4 is 10.2 Å². The Morgan fingerprint density at radius 2 is 1.72 bits per heavy atom. The third kappa shape index (κ3) is 3.83. The molecule has 0 radical (unpaired) electrons. The Kier molecular flexibility index (Phi) is 5.65. The second-order valence-corrected chi connectivity index (χ2v) is 6.26.